The van der Waals surface area contributed by atoms with Gasteiger partial charge in [0.1, 0.15) is 5.75 Å². The van der Waals surface area contributed by atoms with Gasteiger partial charge in [-0.05, 0) is 49.4 Å². The van der Waals surface area contributed by atoms with Crippen LogP contribution in [0.4, 0.5) is 5.69 Å². The van der Waals surface area contributed by atoms with Gasteiger partial charge < -0.3 is 10.1 Å². The van der Waals surface area contributed by atoms with Crippen LogP contribution in [0.1, 0.15) is 33.2 Å². The molecule has 0 aromatic heterocycles. The molecule has 7 nitrogen and oxygen atoms in total. The Kier molecular flexibility index (Phi) is 4.42. The second kappa shape index (κ2) is 6.69. The van der Waals surface area contributed by atoms with Crippen molar-refractivity contribution in [3.05, 3.63) is 59.2 Å². The zero-order valence-corrected chi connectivity index (χ0v) is 14.1. The molecule has 0 radical (unpaired) electrons. The lowest BCUT2D eigenvalue weighted by Gasteiger charge is -2.15. The number of carbonyl (C=O) groups is 3. The van der Waals surface area contributed by atoms with Crippen LogP contribution in [-0.2, 0) is 4.79 Å². The quantitative estimate of drug-likeness (QED) is 0.853. The molecule has 2 aromatic rings. The number of anilines is 1. The molecular formula is C19H15N3O4. The van der Waals surface area contributed by atoms with E-state index in [9.17, 15) is 14.4 Å². The Morgan fingerprint density at radius 1 is 1.12 bits per heavy atom. The van der Waals surface area contributed by atoms with Gasteiger partial charge in [-0.25, -0.2) is 0 Å². The van der Waals surface area contributed by atoms with Crippen molar-refractivity contribution < 1.29 is 19.1 Å². The number of hydrogen-bond donors (Lipinski definition) is 1. The third-order valence-electron chi connectivity index (χ3n) is 4.02. The average molecular weight is 349 g/mol. The van der Waals surface area contributed by atoms with Crippen LogP contribution in [0.2, 0.25) is 0 Å². The van der Waals surface area contributed by atoms with Gasteiger partial charge in [0.2, 0.25) is 0 Å². The Labute approximate surface area is 149 Å². The average Bonchev–Trinajstić information content (AvgIpc) is 2.86. The van der Waals surface area contributed by atoms with Gasteiger partial charge in [0.15, 0.2) is 6.10 Å². The minimum atomic E-state index is -0.795. The largest absolute Gasteiger partial charge is 0.481 e. The van der Waals surface area contributed by atoms with Crippen LogP contribution in [0.25, 0.3) is 0 Å². The van der Waals surface area contributed by atoms with E-state index in [1.54, 1.807) is 37.3 Å². The first-order valence-electron chi connectivity index (χ1n) is 7.85. The maximum absolute atomic E-state index is 12.3. The predicted octanol–water partition coefficient (Wildman–Crippen LogP) is 2.19. The Morgan fingerprint density at radius 2 is 1.77 bits per heavy atom. The molecule has 0 bridgehead atoms. The monoisotopic (exact) mass is 349 g/mol. The summed E-state index contributed by atoms with van der Waals surface area (Å²) in [6.07, 6.45) is -0.795. The lowest BCUT2D eigenvalue weighted by Crippen LogP contribution is -2.30. The first kappa shape index (κ1) is 17.2. The fourth-order valence-corrected chi connectivity index (χ4v) is 2.55. The highest BCUT2D eigenvalue weighted by molar-refractivity contribution is 6.21. The van der Waals surface area contributed by atoms with Crippen molar-refractivity contribution in [1.29, 1.82) is 5.26 Å². The molecule has 1 unspecified atom stereocenters. The van der Waals surface area contributed by atoms with E-state index < -0.39 is 17.9 Å². The van der Waals surface area contributed by atoms with E-state index in [-0.39, 0.29) is 11.5 Å². The smallest absolute Gasteiger partial charge is 0.265 e. The molecule has 1 atom stereocenters. The molecule has 0 spiro atoms. The number of ether oxygens (including phenoxy) is 1. The van der Waals surface area contributed by atoms with Crippen LogP contribution in [0.3, 0.4) is 0 Å². The molecule has 0 aliphatic carbocycles. The molecule has 7 heteroatoms. The molecule has 1 N–H and O–H groups in total. The zero-order valence-electron chi connectivity index (χ0n) is 14.1. The van der Waals surface area contributed by atoms with Gasteiger partial charge in [0.05, 0.1) is 22.8 Å². The second-order valence-corrected chi connectivity index (χ2v) is 5.82. The zero-order chi connectivity index (χ0) is 18.8. The van der Waals surface area contributed by atoms with Crippen molar-refractivity contribution in [2.24, 2.45) is 0 Å². The number of nitrogens with one attached hydrogen (secondary N) is 1. The van der Waals surface area contributed by atoms with Gasteiger partial charge in [0.25, 0.3) is 17.7 Å². The summed E-state index contributed by atoms with van der Waals surface area (Å²) in [4.78, 5) is 37.2. The number of nitrogens with zero attached hydrogens (tertiary/aromatic N) is 2. The number of fused-ring (bicyclic) bond motifs is 1. The van der Waals surface area contributed by atoms with E-state index in [0.29, 0.717) is 22.6 Å². The van der Waals surface area contributed by atoms with Crippen LogP contribution in [0, 0.1) is 11.3 Å². The van der Waals surface area contributed by atoms with Crippen LogP contribution < -0.4 is 10.1 Å². The Bertz CT molecular complexity index is 944. The molecule has 130 valence electrons. The second-order valence-electron chi connectivity index (χ2n) is 5.82. The lowest BCUT2D eigenvalue weighted by molar-refractivity contribution is -0.122. The normalized spacial score (nSPS) is 13.8. The van der Waals surface area contributed by atoms with Crippen molar-refractivity contribution in [3.63, 3.8) is 0 Å². The number of nitriles is 1. The molecule has 0 saturated heterocycles. The minimum Gasteiger partial charge on any atom is -0.481 e. The number of imide groups is 1. The summed E-state index contributed by atoms with van der Waals surface area (Å²) in [6, 6.07) is 13.0. The van der Waals surface area contributed by atoms with Crippen LogP contribution in [-0.4, -0.2) is 35.8 Å². The van der Waals surface area contributed by atoms with Crippen molar-refractivity contribution in [2.75, 3.05) is 12.4 Å². The van der Waals surface area contributed by atoms with Crippen molar-refractivity contribution in [1.82, 2.24) is 4.90 Å². The van der Waals surface area contributed by atoms with Crippen LogP contribution in [0.5, 0.6) is 5.75 Å². The summed E-state index contributed by atoms with van der Waals surface area (Å²) < 4.78 is 5.54. The van der Waals surface area contributed by atoms with E-state index in [2.05, 4.69) is 5.32 Å². The topological polar surface area (TPSA) is 99.5 Å². The number of carbonyl (C=O) groups excluding carboxylic acids is 3. The van der Waals surface area contributed by atoms with Crippen LogP contribution in [0.15, 0.2) is 42.5 Å². The highest BCUT2D eigenvalue weighted by atomic mass is 16.5. The standard InChI is InChI=1S/C19H15N3O4/c1-11(26-14-6-3-12(10-20)4-7-14)17(23)21-13-5-8-15-16(9-13)19(25)22(2)18(15)24/h3-9,11H,1-2H3,(H,21,23). The van der Waals surface area contributed by atoms with Crippen molar-refractivity contribution >= 4 is 23.4 Å². The maximum Gasteiger partial charge on any atom is 0.265 e. The molecule has 26 heavy (non-hydrogen) atoms. The summed E-state index contributed by atoms with van der Waals surface area (Å²) in [5.74, 6) is -0.703. The van der Waals surface area contributed by atoms with Gasteiger partial charge in [-0.3, -0.25) is 19.3 Å². The summed E-state index contributed by atoms with van der Waals surface area (Å²) >= 11 is 0. The fourth-order valence-electron chi connectivity index (χ4n) is 2.55. The Hall–Kier alpha value is -3.66. The molecular weight excluding hydrogens is 334 g/mol. The Morgan fingerprint density at radius 3 is 2.42 bits per heavy atom. The Balaban J connectivity index is 1.69. The molecule has 2 aromatic carbocycles. The third kappa shape index (κ3) is 3.13. The van der Waals surface area contributed by atoms with Gasteiger partial charge in [-0.1, -0.05) is 0 Å². The highest BCUT2D eigenvalue weighted by Crippen LogP contribution is 2.25. The van der Waals surface area contributed by atoms with Gasteiger partial charge in [-0.2, -0.15) is 5.26 Å². The SMILES string of the molecule is CC(Oc1ccc(C#N)cc1)C(=O)Nc1ccc2c(c1)C(=O)N(C)C2=O. The van der Waals surface area contributed by atoms with E-state index in [4.69, 9.17) is 10.00 Å². The maximum atomic E-state index is 12.3. The van der Waals surface area contributed by atoms with Crippen molar-refractivity contribution in [2.45, 2.75) is 13.0 Å². The van der Waals surface area contributed by atoms with E-state index in [0.717, 1.165) is 4.90 Å². The number of benzene rings is 2. The molecule has 0 saturated carbocycles. The molecule has 1 aliphatic rings. The first-order valence-corrected chi connectivity index (χ1v) is 7.85. The summed E-state index contributed by atoms with van der Waals surface area (Å²) in [7, 11) is 1.41. The predicted molar refractivity (Wildman–Crippen MR) is 92.7 cm³/mol. The fraction of sp³-hybridized carbons (Fsp3) is 0.158. The number of amides is 3. The molecule has 3 rings (SSSR count). The van der Waals surface area contributed by atoms with E-state index in [1.807, 2.05) is 6.07 Å². The third-order valence-corrected chi connectivity index (χ3v) is 4.02. The summed E-state index contributed by atoms with van der Waals surface area (Å²) in [6.45, 7) is 1.59. The summed E-state index contributed by atoms with van der Waals surface area (Å²) in [5, 5.41) is 11.4. The van der Waals surface area contributed by atoms with Crippen molar-refractivity contribution in [3.8, 4) is 11.8 Å². The molecule has 3 amide bonds. The van der Waals surface area contributed by atoms with E-state index in [1.165, 1.54) is 19.2 Å². The minimum absolute atomic E-state index is 0.260. The molecule has 1 aliphatic heterocycles. The number of rotatable bonds is 4. The summed E-state index contributed by atoms with van der Waals surface area (Å²) in [5.41, 5.74) is 1.48. The van der Waals surface area contributed by atoms with Gasteiger partial charge in [-0.15, -0.1) is 0 Å². The lowest BCUT2D eigenvalue weighted by atomic mass is 10.1. The van der Waals surface area contributed by atoms with Crippen LogP contribution >= 0.6 is 0 Å². The number of hydrogen-bond acceptors (Lipinski definition) is 5. The van der Waals surface area contributed by atoms with Gasteiger partial charge >= 0.3 is 0 Å². The molecule has 1 heterocycles. The molecule has 0 fully saturated rings. The highest BCUT2D eigenvalue weighted by Gasteiger charge is 2.32. The first-order chi connectivity index (χ1) is 12.4. The van der Waals surface area contributed by atoms with E-state index >= 15 is 0 Å². The van der Waals surface area contributed by atoms with Gasteiger partial charge in [0, 0.05) is 12.7 Å².